The molecule has 1 N–H and O–H groups in total. The molecule has 0 atom stereocenters. The van der Waals surface area contributed by atoms with Crippen molar-refractivity contribution >= 4 is 16.9 Å². The van der Waals surface area contributed by atoms with E-state index in [-0.39, 0.29) is 17.3 Å². The van der Waals surface area contributed by atoms with E-state index in [4.69, 9.17) is 0 Å². The molecule has 0 radical (unpaired) electrons. The van der Waals surface area contributed by atoms with Crippen molar-refractivity contribution in [3.63, 3.8) is 0 Å². The van der Waals surface area contributed by atoms with E-state index in [2.05, 4.69) is 19.9 Å². The topological polar surface area (TPSA) is 104 Å². The van der Waals surface area contributed by atoms with Crippen LogP contribution in [0.4, 0.5) is 0 Å². The van der Waals surface area contributed by atoms with Gasteiger partial charge < -0.3 is 4.90 Å². The van der Waals surface area contributed by atoms with Gasteiger partial charge in [-0.1, -0.05) is 6.07 Å². The van der Waals surface area contributed by atoms with Crippen LogP contribution < -0.4 is 11.2 Å². The Balaban J connectivity index is 1.33. The highest BCUT2D eigenvalue weighted by Gasteiger charge is 2.28. The summed E-state index contributed by atoms with van der Waals surface area (Å²) < 4.78 is 1.53. The lowest BCUT2D eigenvalue weighted by atomic mass is 10.2. The zero-order chi connectivity index (χ0) is 20.7. The summed E-state index contributed by atoms with van der Waals surface area (Å²) in [5.41, 5.74) is 0.784. The molecule has 1 amide bonds. The van der Waals surface area contributed by atoms with Crippen LogP contribution in [-0.4, -0.2) is 61.4 Å². The Morgan fingerprint density at radius 1 is 1.10 bits per heavy atom. The van der Waals surface area contributed by atoms with Gasteiger partial charge >= 0.3 is 5.69 Å². The average Bonchev–Trinajstić information content (AvgIpc) is 3.59. The van der Waals surface area contributed by atoms with Crippen LogP contribution in [0, 0.1) is 0 Å². The predicted molar refractivity (Wildman–Crippen MR) is 110 cm³/mol. The third-order valence-electron chi connectivity index (χ3n) is 5.71. The van der Waals surface area contributed by atoms with E-state index in [1.54, 1.807) is 17.2 Å². The quantitative estimate of drug-likeness (QED) is 0.686. The second-order valence-electron chi connectivity index (χ2n) is 7.85. The fourth-order valence-electron chi connectivity index (χ4n) is 3.94. The minimum Gasteiger partial charge on any atom is -0.336 e. The van der Waals surface area contributed by atoms with Crippen molar-refractivity contribution < 1.29 is 4.79 Å². The Morgan fingerprint density at radius 2 is 1.90 bits per heavy atom. The molecular formula is C21H22N6O3. The molecule has 1 saturated heterocycles. The SMILES string of the molecule is O=C(c1cnc2c(c1)c(=O)[nH]c(=O)n2C1CC1)N1CCN(Cc2ccccn2)CC1. The van der Waals surface area contributed by atoms with E-state index in [0.29, 0.717) is 24.3 Å². The summed E-state index contributed by atoms with van der Waals surface area (Å²) in [6, 6.07) is 7.50. The van der Waals surface area contributed by atoms with Crippen LogP contribution in [0.25, 0.3) is 11.0 Å². The summed E-state index contributed by atoms with van der Waals surface area (Å²) in [6.07, 6.45) is 5.05. The molecule has 5 rings (SSSR count). The number of rotatable bonds is 4. The summed E-state index contributed by atoms with van der Waals surface area (Å²) in [5, 5.41) is 0.279. The van der Waals surface area contributed by atoms with Crippen LogP contribution in [0.2, 0.25) is 0 Å². The maximum absolute atomic E-state index is 13.0. The molecule has 1 aliphatic heterocycles. The zero-order valence-corrected chi connectivity index (χ0v) is 16.5. The van der Waals surface area contributed by atoms with Crippen LogP contribution >= 0.6 is 0 Å². The lowest BCUT2D eigenvalue weighted by Gasteiger charge is -2.34. The molecule has 4 heterocycles. The van der Waals surface area contributed by atoms with Gasteiger partial charge in [-0.05, 0) is 31.0 Å². The van der Waals surface area contributed by atoms with E-state index in [1.165, 1.54) is 10.8 Å². The van der Waals surface area contributed by atoms with Gasteiger partial charge in [-0.2, -0.15) is 0 Å². The number of nitrogens with one attached hydrogen (secondary N) is 1. The molecule has 2 fully saturated rings. The molecule has 9 heteroatoms. The van der Waals surface area contributed by atoms with E-state index >= 15 is 0 Å². The fourth-order valence-corrected chi connectivity index (χ4v) is 3.94. The van der Waals surface area contributed by atoms with Gasteiger partial charge in [0.2, 0.25) is 0 Å². The van der Waals surface area contributed by atoms with E-state index in [0.717, 1.165) is 38.2 Å². The Bertz CT molecular complexity index is 1210. The number of pyridine rings is 2. The fraction of sp³-hybridized carbons (Fsp3) is 0.381. The summed E-state index contributed by atoms with van der Waals surface area (Å²) in [5.74, 6) is -0.148. The molecule has 0 spiro atoms. The van der Waals surface area contributed by atoms with Gasteiger partial charge in [-0.25, -0.2) is 9.78 Å². The highest BCUT2D eigenvalue weighted by molar-refractivity contribution is 5.96. The second-order valence-corrected chi connectivity index (χ2v) is 7.85. The van der Waals surface area contributed by atoms with Crippen molar-refractivity contribution in [3.8, 4) is 0 Å². The van der Waals surface area contributed by atoms with Gasteiger partial charge in [-0.3, -0.25) is 29.0 Å². The normalized spacial score (nSPS) is 17.4. The number of piperazine rings is 1. The number of hydrogen-bond donors (Lipinski definition) is 1. The number of carbonyl (C=O) groups excluding carboxylic acids is 1. The zero-order valence-electron chi connectivity index (χ0n) is 16.5. The molecule has 0 aromatic carbocycles. The number of aromatic amines is 1. The summed E-state index contributed by atoms with van der Waals surface area (Å²) in [6.45, 7) is 3.47. The summed E-state index contributed by atoms with van der Waals surface area (Å²) >= 11 is 0. The first-order valence-corrected chi connectivity index (χ1v) is 10.2. The molecular weight excluding hydrogens is 384 g/mol. The summed E-state index contributed by atoms with van der Waals surface area (Å²) in [4.78, 5) is 52.5. The molecule has 3 aromatic heterocycles. The van der Waals surface area contributed by atoms with Crippen LogP contribution in [-0.2, 0) is 6.54 Å². The number of H-pyrrole nitrogens is 1. The van der Waals surface area contributed by atoms with Crippen LogP contribution in [0.3, 0.4) is 0 Å². The first-order valence-electron chi connectivity index (χ1n) is 10.2. The number of fused-ring (bicyclic) bond motifs is 1. The first-order chi connectivity index (χ1) is 14.6. The van der Waals surface area contributed by atoms with Gasteiger partial charge in [0.05, 0.1) is 16.6 Å². The van der Waals surface area contributed by atoms with Crippen molar-refractivity contribution in [1.82, 2.24) is 29.3 Å². The van der Waals surface area contributed by atoms with E-state index < -0.39 is 11.2 Å². The Labute approximate surface area is 172 Å². The minimum absolute atomic E-state index is 0.0816. The molecule has 1 saturated carbocycles. The van der Waals surface area contributed by atoms with Gasteiger partial charge in [-0.15, -0.1) is 0 Å². The minimum atomic E-state index is -0.505. The van der Waals surface area contributed by atoms with Crippen LogP contribution in [0.15, 0.2) is 46.2 Å². The molecule has 2 aliphatic rings. The van der Waals surface area contributed by atoms with Crippen LogP contribution in [0.1, 0.15) is 34.9 Å². The van der Waals surface area contributed by atoms with E-state index in [1.807, 2.05) is 18.2 Å². The molecule has 154 valence electrons. The first kappa shape index (κ1) is 18.7. The smallest absolute Gasteiger partial charge is 0.330 e. The largest absolute Gasteiger partial charge is 0.336 e. The lowest BCUT2D eigenvalue weighted by Crippen LogP contribution is -2.48. The number of aromatic nitrogens is 4. The van der Waals surface area contributed by atoms with E-state index in [9.17, 15) is 14.4 Å². The molecule has 0 bridgehead atoms. The second kappa shape index (κ2) is 7.49. The van der Waals surface area contributed by atoms with Crippen molar-refractivity contribution in [3.05, 3.63) is 68.8 Å². The van der Waals surface area contributed by atoms with Crippen molar-refractivity contribution in [2.75, 3.05) is 26.2 Å². The molecule has 30 heavy (non-hydrogen) atoms. The molecule has 9 nitrogen and oxygen atoms in total. The number of carbonyl (C=O) groups is 1. The monoisotopic (exact) mass is 406 g/mol. The molecule has 3 aromatic rings. The van der Waals surface area contributed by atoms with Gasteiger partial charge in [0.1, 0.15) is 5.65 Å². The lowest BCUT2D eigenvalue weighted by molar-refractivity contribution is 0.0627. The third-order valence-corrected chi connectivity index (χ3v) is 5.71. The predicted octanol–water partition coefficient (Wildman–Crippen LogP) is 0.773. The Kier molecular flexibility index (Phi) is 4.66. The highest BCUT2D eigenvalue weighted by atomic mass is 16.2. The summed E-state index contributed by atoms with van der Waals surface area (Å²) in [7, 11) is 0. The van der Waals surface area contributed by atoms with Crippen molar-refractivity contribution in [2.24, 2.45) is 0 Å². The average molecular weight is 406 g/mol. The van der Waals surface area contributed by atoms with Crippen molar-refractivity contribution in [2.45, 2.75) is 25.4 Å². The Hall–Kier alpha value is -3.33. The maximum Gasteiger partial charge on any atom is 0.330 e. The van der Waals surface area contributed by atoms with Gasteiger partial charge in [0, 0.05) is 51.2 Å². The third kappa shape index (κ3) is 3.52. The van der Waals surface area contributed by atoms with Crippen molar-refractivity contribution in [1.29, 1.82) is 0 Å². The molecule has 0 unspecified atom stereocenters. The highest BCUT2D eigenvalue weighted by Crippen LogP contribution is 2.34. The number of hydrogen-bond acceptors (Lipinski definition) is 6. The number of nitrogens with zero attached hydrogens (tertiary/aromatic N) is 5. The van der Waals surface area contributed by atoms with Crippen LogP contribution in [0.5, 0.6) is 0 Å². The van der Waals surface area contributed by atoms with Gasteiger partial charge in [0.25, 0.3) is 11.5 Å². The maximum atomic E-state index is 13.0. The standard InChI is InChI=1S/C21H22N6O3/c28-19-17-11-14(12-23-18(17)27(16-4-5-16)21(30)24-19)20(29)26-9-7-25(8-10-26)13-15-3-1-2-6-22-15/h1-3,6,11-12,16H,4-5,7-10,13H2,(H,24,28,30). The van der Waals surface area contributed by atoms with Gasteiger partial charge in [0.15, 0.2) is 0 Å². The number of amides is 1. The Morgan fingerprint density at radius 3 is 2.60 bits per heavy atom. The molecule has 1 aliphatic carbocycles.